The van der Waals surface area contributed by atoms with Gasteiger partial charge in [0.2, 0.25) is 0 Å². The topological polar surface area (TPSA) is 67.4 Å². The van der Waals surface area contributed by atoms with Crippen molar-refractivity contribution in [2.24, 2.45) is 0 Å². The summed E-state index contributed by atoms with van der Waals surface area (Å²) in [5.74, 6) is 0. The van der Waals surface area contributed by atoms with E-state index >= 15 is 0 Å². The maximum atomic E-state index is 5.74. The number of hydrogen-bond acceptors (Lipinski definition) is 7. The molecule has 0 radical (unpaired) electrons. The van der Waals surface area contributed by atoms with E-state index in [1.807, 2.05) is 0 Å². The van der Waals surface area contributed by atoms with Crippen LogP contribution in [0.4, 0.5) is 0 Å². The molecule has 1 aliphatic rings. The Bertz CT molecular complexity index is 239. The van der Waals surface area contributed by atoms with Gasteiger partial charge in [0.05, 0.1) is 72.2 Å². The van der Waals surface area contributed by atoms with E-state index in [2.05, 4.69) is 5.32 Å². The van der Waals surface area contributed by atoms with Gasteiger partial charge in [0, 0.05) is 7.11 Å². The second-order valence-corrected chi connectivity index (χ2v) is 5.26. The summed E-state index contributed by atoms with van der Waals surface area (Å²) in [6.45, 7) is 8.12. The van der Waals surface area contributed by atoms with Crippen LogP contribution in [0.15, 0.2) is 0 Å². The molecule has 0 aliphatic carbocycles. The fourth-order valence-corrected chi connectivity index (χ4v) is 2.14. The molecule has 23 heavy (non-hydrogen) atoms. The summed E-state index contributed by atoms with van der Waals surface area (Å²) in [5, 5.41) is 3.32. The monoisotopic (exact) mass is 335 g/mol. The van der Waals surface area contributed by atoms with Gasteiger partial charge in [-0.25, -0.2) is 0 Å². The van der Waals surface area contributed by atoms with Gasteiger partial charge in [0.1, 0.15) is 0 Å². The maximum absolute atomic E-state index is 5.74. The number of methoxy groups -OCH3 is 1. The molecule has 0 bridgehead atoms. The highest BCUT2D eigenvalue weighted by Gasteiger charge is 2.12. The van der Waals surface area contributed by atoms with Crippen LogP contribution in [0, 0.1) is 0 Å². The minimum Gasteiger partial charge on any atom is -0.382 e. The zero-order valence-electron chi connectivity index (χ0n) is 14.4. The standard InChI is InChI=1S/C16H33NO6/c1-18-6-7-19-8-9-20-10-11-21-12-13-22-14-15-23-16-2-4-17-5-3-16/h16-17H,2-15H2,1H3. The van der Waals surface area contributed by atoms with Crippen molar-refractivity contribution in [2.45, 2.75) is 18.9 Å². The first-order chi connectivity index (χ1) is 11.4. The van der Waals surface area contributed by atoms with Crippen molar-refractivity contribution in [1.29, 1.82) is 0 Å². The molecule has 1 saturated heterocycles. The number of ether oxygens (including phenoxy) is 6. The average Bonchev–Trinajstić information content (AvgIpc) is 2.59. The van der Waals surface area contributed by atoms with Crippen molar-refractivity contribution in [3.05, 3.63) is 0 Å². The molecule has 7 nitrogen and oxygen atoms in total. The fraction of sp³-hybridized carbons (Fsp3) is 1.00. The quantitative estimate of drug-likeness (QED) is 0.411. The molecule has 0 saturated carbocycles. The van der Waals surface area contributed by atoms with Crippen LogP contribution in [0.2, 0.25) is 0 Å². The Morgan fingerprint density at radius 3 is 1.57 bits per heavy atom. The van der Waals surface area contributed by atoms with Crippen molar-refractivity contribution in [1.82, 2.24) is 5.32 Å². The molecule has 1 N–H and O–H groups in total. The predicted molar refractivity (Wildman–Crippen MR) is 87.0 cm³/mol. The van der Waals surface area contributed by atoms with Gasteiger partial charge in [-0.3, -0.25) is 0 Å². The molecule has 0 aromatic heterocycles. The normalized spacial score (nSPS) is 16.0. The van der Waals surface area contributed by atoms with E-state index in [1.165, 1.54) is 0 Å². The average molecular weight is 335 g/mol. The molecule has 0 atom stereocenters. The Balaban J connectivity index is 1.67. The summed E-state index contributed by atoms with van der Waals surface area (Å²) in [6, 6.07) is 0. The van der Waals surface area contributed by atoms with Crippen LogP contribution in [0.1, 0.15) is 12.8 Å². The third-order valence-corrected chi connectivity index (χ3v) is 3.42. The van der Waals surface area contributed by atoms with Gasteiger partial charge in [0.15, 0.2) is 0 Å². The van der Waals surface area contributed by atoms with Gasteiger partial charge >= 0.3 is 0 Å². The molecule has 138 valence electrons. The van der Waals surface area contributed by atoms with Crippen LogP contribution >= 0.6 is 0 Å². The minimum atomic E-state index is 0.395. The van der Waals surface area contributed by atoms with Gasteiger partial charge in [-0.2, -0.15) is 0 Å². The van der Waals surface area contributed by atoms with Crippen LogP contribution in [-0.4, -0.2) is 92.4 Å². The lowest BCUT2D eigenvalue weighted by atomic mass is 10.1. The Kier molecular flexibility index (Phi) is 15.0. The molecular formula is C16H33NO6. The second-order valence-electron chi connectivity index (χ2n) is 5.26. The van der Waals surface area contributed by atoms with E-state index in [-0.39, 0.29) is 0 Å². The third kappa shape index (κ3) is 13.8. The zero-order valence-corrected chi connectivity index (χ0v) is 14.4. The summed E-state index contributed by atoms with van der Waals surface area (Å²) < 4.78 is 32.1. The van der Waals surface area contributed by atoms with E-state index in [0.29, 0.717) is 72.2 Å². The molecular weight excluding hydrogens is 302 g/mol. The first-order valence-electron chi connectivity index (χ1n) is 8.55. The largest absolute Gasteiger partial charge is 0.382 e. The van der Waals surface area contributed by atoms with Crippen molar-refractivity contribution in [2.75, 3.05) is 86.3 Å². The van der Waals surface area contributed by atoms with Gasteiger partial charge in [-0.15, -0.1) is 0 Å². The Labute approximate surface area is 139 Å². The predicted octanol–water partition coefficient (Wildman–Crippen LogP) is 0.468. The summed E-state index contributed by atoms with van der Waals surface area (Å²) in [6.07, 6.45) is 2.59. The molecule has 0 unspecified atom stereocenters. The lowest BCUT2D eigenvalue weighted by molar-refractivity contribution is -0.0290. The highest BCUT2D eigenvalue weighted by atomic mass is 16.6. The molecule has 1 aliphatic heterocycles. The number of piperidine rings is 1. The highest BCUT2D eigenvalue weighted by molar-refractivity contribution is 4.67. The first-order valence-corrected chi connectivity index (χ1v) is 8.55. The van der Waals surface area contributed by atoms with Crippen LogP contribution in [-0.2, 0) is 28.4 Å². The SMILES string of the molecule is COCCOCCOCCOCCOCCOC1CCNCC1. The van der Waals surface area contributed by atoms with Crippen LogP contribution < -0.4 is 5.32 Å². The molecule has 0 aromatic carbocycles. The van der Waals surface area contributed by atoms with Gasteiger partial charge in [-0.1, -0.05) is 0 Å². The van der Waals surface area contributed by atoms with Crippen LogP contribution in [0.25, 0.3) is 0 Å². The Morgan fingerprint density at radius 2 is 1.09 bits per heavy atom. The van der Waals surface area contributed by atoms with Crippen LogP contribution in [0.5, 0.6) is 0 Å². The lowest BCUT2D eigenvalue weighted by Crippen LogP contribution is -2.33. The molecule has 1 fully saturated rings. The third-order valence-electron chi connectivity index (χ3n) is 3.42. The number of hydrogen-bond donors (Lipinski definition) is 1. The van der Waals surface area contributed by atoms with Crippen molar-refractivity contribution in [3.63, 3.8) is 0 Å². The van der Waals surface area contributed by atoms with E-state index < -0.39 is 0 Å². The fourth-order valence-electron chi connectivity index (χ4n) is 2.14. The lowest BCUT2D eigenvalue weighted by Gasteiger charge is -2.22. The van der Waals surface area contributed by atoms with Crippen molar-refractivity contribution >= 4 is 0 Å². The maximum Gasteiger partial charge on any atom is 0.0704 e. The molecule has 0 spiro atoms. The first kappa shape index (κ1) is 20.8. The Hall–Kier alpha value is -0.280. The molecule has 0 aromatic rings. The van der Waals surface area contributed by atoms with Gasteiger partial charge in [0.25, 0.3) is 0 Å². The zero-order chi connectivity index (χ0) is 16.4. The smallest absolute Gasteiger partial charge is 0.0704 e. The summed E-state index contributed by atoms with van der Waals surface area (Å²) >= 11 is 0. The summed E-state index contributed by atoms with van der Waals surface area (Å²) in [7, 11) is 1.66. The molecule has 0 amide bonds. The highest BCUT2D eigenvalue weighted by Crippen LogP contribution is 2.06. The van der Waals surface area contributed by atoms with Gasteiger partial charge < -0.3 is 33.7 Å². The van der Waals surface area contributed by atoms with E-state index in [0.717, 1.165) is 25.9 Å². The van der Waals surface area contributed by atoms with Crippen molar-refractivity contribution < 1.29 is 28.4 Å². The van der Waals surface area contributed by atoms with Crippen molar-refractivity contribution in [3.8, 4) is 0 Å². The Morgan fingerprint density at radius 1 is 0.652 bits per heavy atom. The van der Waals surface area contributed by atoms with E-state index in [4.69, 9.17) is 28.4 Å². The molecule has 1 rings (SSSR count). The van der Waals surface area contributed by atoms with E-state index in [9.17, 15) is 0 Å². The molecule has 7 heteroatoms. The number of nitrogens with one attached hydrogen (secondary N) is 1. The van der Waals surface area contributed by atoms with Gasteiger partial charge in [-0.05, 0) is 25.9 Å². The van der Waals surface area contributed by atoms with Crippen LogP contribution in [0.3, 0.4) is 0 Å². The molecule has 1 heterocycles. The summed E-state index contributed by atoms with van der Waals surface area (Å²) in [4.78, 5) is 0. The number of rotatable bonds is 16. The second kappa shape index (κ2) is 16.6. The minimum absolute atomic E-state index is 0.395. The summed E-state index contributed by atoms with van der Waals surface area (Å²) in [5.41, 5.74) is 0. The van der Waals surface area contributed by atoms with E-state index in [1.54, 1.807) is 7.11 Å².